The molecule has 2 aromatic rings. The maximum atomic E-state index is 10.8. The molecule has 0 saturated carbocycles. The van der Waals surface area contributed by atoms with Gasteiger partial charge in [0.05, 0.1) is 9.85 Å². The van der Waals surface area contributed by atoms with Crippen LogP contribution in [0.15, 0.2) is 36.4 Å². The highest BCUT2D eigenvalue weighted by Gasteiger charge is 2.10. The Morgan fingerprint density at radius 3 is 1.48 bits per heavy atom. The van der Waals surface area contributed by atoms with Crippen LogP contribution in [0.1, 0.15) is 30.4 Å². The average molecular weight is 372 g/mol. The number of nitro benzene ring substituents is 2. The van der Waals surface area contributed by atoms with Crippen molar-refractivity contribution < 1.29 is 9.85 Å². The normalized spacial score (nSPS) is 10.4. The minimum Gasteiger partial charge on any atom is -0.385 e. The minimum absolute atomic E-state index is 0.133. The molecule has 8 nitrogen and oxygen atoms in total. The maximum Gasteiger partial charge on any atom is 0.272 e. The zero-order chi connectivity index (χ0) is 19.8. The highest BCUT2D eigenvalue weighted by Crippen LogP contribution is 2.22. The predicted molar refractivity (Wildman–Crippen MR) is 106 cm³/mol. The summed E-state index contributed by atoms with van der Waals surface area (Å²) in [5.74, 6) is 0. The number of aryl methyl sites for hydroxylation is 2. The molecule has 0 atom stereocenters. The minimum atomic E-state index is -0.376. The summed E-state index contributed by atoms with van der Waals surface area (Å²) in [5.41, 5.74) is 3.33. The lowest BCUT2D eigenvalue weighted by Gasteiger charge is -2.09. The summed E-state index contributed by atoms with van der Waals surface area (Å²) in [5, 5.41) is 28.2. The number of hydrogen-bond acceptors (Lipinski definition) is 6. The standard InChI is InChI=1S/C19H24N4O4/c1-14-12-16(6-8-18(14)22(24)25)20-10-4-3-5-11-21-17-7-9-19(23(26)27)15(2)13-17/h6-9,12-13,20-21H,3-5,10-11H2,1-2H3. The summed E-state index contributed by atoms with van der Waals surface area (Å²) in [6.07, 6.45) is 2.99. The van der Waals surface area contributed by atoms with Crippen molar-refractivity contribution in [3.63, 3.8) is 0 Å². The molecular formula is C19H24N4O4. The van der Waals surface area contributed by atoms with Crippen LogP contribution in [-0.2, 0) is 0 Å². The van der Waals surface area contributed by atoms with Gasteiger partial charge in [-0.2, -0.15) is 0 Å². The van der Waals surface area contributed by atoms with Gasteiger partial charge in [-0.05, 0) is 57.4 Å². The molecule has 0 aliphatic rings. The SMILES string of the molecule is Cc1cc(NCCCCCNc2ccc([N+](=O)[O-])c(C)c2)ccc1[N+](=O)[O-]. The molecule has 144 valence electrons. The molecule has 27 heavy (non-hydrogen) atoms. The Bertz CT molecular complexity index is 756. The van der Waals surface area contributed by atoms with Crippen LogP contribution in [0, 0.1) is 34.1 Å². The molecule has 0 saturated heterocycles. The number of benzene rings is 2. The molecule has 0 aromatic heterocycles. The van der Waals surface area contributed by atoms with Gasteiger partial charge < -0.3 is 10.6 Å². The number of unbranched alkanes of at least 4 members (excludes halogenated alkanes) is 2. The Hall–Kier alpha value is -3.16. The van der Waals surface area contributed by atoms with Gasteiger partial charge >= 0.3 is 0 Å². The van der Waals surface area contributed by atoms with Crippen LogP contribution >= 0.6 is 0 Å². The summed E-state index contributed by atoms with van der Waals surface area (Å²) >= 11 is 0. The first-order valence-electron chi connectivity index (χ1n) is 8.86. The van der Waals surface area contributed by atoms with Crippen LogP contribution in [0.4, 0.5) is 22.7 Å². The van der Waals surface area contributed by atoms with Gasteiger partial charge in [-0.3, -0.25) is 20.2 Å². The Kier molecular flexibility index (Phi) is 7.10. The fourth-order valence-corrected chi connectivity index (χ4v) is 2.83. The second kappa shape index (κ2) is 9.51. The first kappa shape index (κ1) is 20.2. The molecule has 0 unspecified atom stereocenters. The number of nitro groups is 2. The molecule has 2 aromatic carbocycles. The van der Waals surface area contributed by atoms with E-state index in [4.69, 9.17) is 0 Å². The molecule has 0 fully saturated rings. The Labute approximate surface area is 157 Å². The molecule has 0 radical (unpaired) electrons. The van der Waals surface area contributed by atoms with Crippen LogP contribution in [-0.4, -0.2) is 22.9 Å². The van der Waals surface area contributed by atoms with Crippen molar-refractivity contribution in [2.24, 2.45) is 0 Å². The summed E-state index contributed by atoms with van der Waals surface area (Å²) in [6, 6.07) is 10.1. The third-order valence-electron chi connectivity index (χ3n) is 4.30. The van der Waals surface area contributed by atoms with Crippen molar-refractivity contribution in [3.8, 4) is 0 Å². The Morgan fingerprint density at radius 1 is 0.741 bits per heavy atom. The third-order valence-corrected chi connectivity index (χ3v) is 4.30. The van der Waals surface area contributed by atoms with Crippen molar-refractivity contribution in [2.45, 2.75) is 33.1 Å². The monoisotopic (exact) mass is 372 g/mol. The van der Waals surface area contributed by atoms with Gasteiger partial charge in [0.25, 0.3) is 11.4 Å². The van der Waals surface area contributed by atoms with Crippen LogP contribution in [0.25, 0.3) is 0 Å². The summed E-state index contributed by atoms with van der Waals surface area (Å²) < 4.78 is 0. The van der Waals surface area contributed by atoms with E-state index in [1.54, 1.807) is 38.1 Å². The van der Waals surface area contributed by atoms with Gasteiger partial charge in [-0.1, -0.05) is 0 Å². The lowest BCUT2D eigenvalue weighted by atomic mass is 10.1. The largest absolute Gasteiger partial charge is 0.385 e. The molecule has 0 aliphatic heterocycles. The van der Waals surface area contributed by atoms with Crippen molar-refractivity contribution in [3.05, 3.63) is 67.8 Å². The fraction of sp³-hybridized carbons (Fsp3) is 0.368. The second-order valence-corrected chi connectivity index (χ2v) is 6.43. The van der Waals surface area contributed by atoms with Crippen molar-refractivity contribution >= 4 is 22.7 Å². The van der Waals surface area contributed by atoms with E-state index in [9.17, 15) is 20.2 Å². The van der Waals surface area contributed by atoms with Gasteiger partial charge in [0.15, 0.2) is 0 Å². The molecule has 2 N–H and O–H groups in total. The van der Waals surface area contributed by atoms with E-state index in [2.05, 4.69) is 10.6 Å². The van der Waals surface area contributed by atoms with E-state index in [1.807, 2.05) is 0 Å². The smallest absolute Gasteiger partial charge is 0.272 e. The van der Waals surface area contributed by atoms with E-state index in [0.29, 0.717) is 11.1 Å². The number of nitrogens with one attached hydrogen (secondary N) is 2. The molecule has 0 bridgehead atoms. The van der Waals surface area contributed by atoms with Gasteiger partial charge in [0.2, 0.25) is 0 Å². The highest BCUT2D eigenvalue weighted by atomic mass is 16.6. The molecule has 2 rings (SSSR count). The van der Waals surface area contributed by atoms with Crippen molar-refractivity contribution in [1.29, 1.82) is 0 Å². The Balaban J connectivity index is 1.65. The quantitative estimate of drug-likeness (QED) is 0.352. The van der Waals surface area contributed by atoms with Crippen LogP contribution in [0.5, 0.6) is 0 Å². The van der Waals surface area contributed by atoms with E-state index < -0.39 is 0 Å². The van der Waals surface area contributed by atoms with Gasteiger partial charge in [0.1, 0.15) is 0 Å². The van der Waals surface area contributed by atoms with E-state index in [0.717, 1.165) is 43.7 Å². The lowest BCUT2D eigenvalue weighted by molar-refractivity contribution is -0.385. The van der Waals surface area contributed by atoms with Crippen molar-refractivity contribution in [2.75, 3.05) is 23.7 Å². The number of nitrogens with zero attached hydrogens (tertiary/aromatic N) is 2. The van der Waals surface area contributed by atoms with E-state index >= 15 is 0 Å². The summed E-state index contributed by atoms with van der Waals surface area (Å²) in [7, 11) is 0. The summed E-state index contributed by atoms with van der Waals surface area (Å²) in [6.45, 7) is 5.06. The zero-order valence-corrected chi connectivity index (χ0v) is 15.5. The van der Waals surface area contributed by atoms with Crippen LogP contribution in [0.3, 0.4) is 0 Å². The topological polar surface area (TPSA) is 110 Å². The van der Waals surface area contributed by atoms with E-state index in [1.165, 1.54) is 12.1 Å². The molecule has 0 amide bonds. The van der Waals surface area contributed by atoms with E-state index in [-0.39, 0.29) is 21.2 Å². The number of hydrogen-bond donors (Lipinski definition) is 2. The first-order chi connectivity index (χ1) is 12.9. The average Bonchev–Trinajstić information content (AvgIpc) is 2.60. The van der Waals surface area contributed by atoms with Crippen molar-refractivity contribution in [1.82, 2.24) is 0 Å². The van der Waals surface area contributed by atoms with Crippen LogP contribution < -0.4 is 10.6 Å². The fourth-order valence-electron chi connectivity index (χ4n) is 2.83. The second-order valence-electron chi connectivity index (χ2n) is 6.43. The third kappa shape index (κ3) is 5.95. The van der Waals surface area contributed by atoms with Gasteiger partial charge in [0, 0.05) is 47.7 Å². The number of anilines is 2. The first-order valence-corrected chi connectivity index (χ1v) is 8.86. The summed E-state index contributed by atoms with van der Waals surface area (Å²) in [4.78, 5) is 20.9. The van der Waals surface area contributed by atoms with Gasteiger partial charge in [-0.15, -0.1) is 0 Å². The number of rotatable bonds is 10. The zero-order valence-electron chi connectivity index (χ0n) is 15.5. The Morgan fingerprint density at radius 2 is 1.15 bits per heavy atom. The predicted octanol–water partition coefficient (Wildman–Crippen LogP) is 4.81. The molecular weight excluding hydrogens is 348 g/mol. The molecule has 0 aliphatic carbocycles. The maximum absolute atomic E-state index is 10.8. The van der Waals surface area contributed by atoms with Crippen LogP contribution in [0.2, 0.25) is 0 Å². The molecule has 0 spiro atoms. The molecule has 0 heterocycles. The highest BCUT2D eigenvalue weighted by molar-refractivity contribution is 5.54. The van der Waals surface area contributed by atoms with Gasteiger partial charge in [-0.25, -0.2) is 0 Å². The lowest BCUT2D eigenvalue weighted by Crippen LogP contribution is -2.05. The molecule has 8 heteroatoms.